The monoisotopic (exact) mass is 275 g/mol. The molecule has 2 rings (SSSR count). The zero-order chi connectivity index (χ0) is 14.7. The molecule has 3 N–H and O–H groups in total. The highest BCUT2D eigenvalue weighted by Crippen LogP contribution is 2.27. The van der Waals surface area contributed by atoms with Crippen molar-refractivity contribution in [3.8, 4) is 11.5 Å². The first-order chi connectivity index (χ1) is 9.50. The van der Waals surface area contributed by atoms with Crippen molar-refractivity contribution in [2.75, 3.05) is 0 Å². The Hall–Kier alpha value is -2.56. The predicted octanol–water partition coefficient (Wildman–Crippen LogP) is 2.73. The van der Waals surface area contributed by atoms with E-state index in [2.05, 4.69) is 5.32 Å². The number of hydrogen-bond donors (Lipinski definition) is 3. The van der Waals surface area contributed by atoms with Gasteiger partial charge in [0.25, 0.3) is 5.91 Å². The minimum absolute atomic E-state index is 0.226. The summed E-state index contributed by atoms with van der Waals surface area (Å²) in [5.41, 5.74) is 0.103. The summed E-state index contributed by atoms with van der Waals surface area (Å²) in [4.78, 5) is 12.0. The van der Waals surface area contributed by atoms with E-state index in [-0.39, 0.29) is 17.1 Å². The van der Waals surface area contributed by atoms with E-state index >= 15 is 0 Å². The first-order valence-corrected chi connectivity index (χ1v) is 6.07. The van der Waals surface area contributed by atoms with Crippen LogP contribution in [0.25, 0.3) is 0 Å². The van der Waals surface area contributed by atoms with E-state index in [1.54, 1.807) is 25.1 Å². The molecule has 104 valence electrons. The summed E-state index contributed by atoms with van der Waals surface area (Å²) >= 11 is 0. The van der Waals surface area contributed by atoms with Crippen LogP contribution in [-0.4, -0.2) is 16.1 Å². The molecule has 0 fully saturated rings. The number of halogens is 1. The zero-order valence-electron chi connectivity index (χ0n) is 10.8. The highest BCUT2D eigenvalue weighted by Gasteiger charge is 2.19. The van der Waals surface area contributed by atoms with E-state index in [9.17, 15) is 19.4 Å². The molecule has 5 heteroatoms. The molecule has 20 heavy (non-hydrogen) atoms. The van der Waals surface area contributed by atoms with Gasteiger partial charge in [0.2, 0.25) is 0 Å². The molecular weight excluding hydrogens is 261 g/mol. The molecule has 0 heterocycles. The van der Waals surface area contributed by atoms with Crippen molar-refractivity contribution in [2.45, 2.75) is 13.0 Å². The smallest absolute Gasteiger partial charge is 0.259 e. The van der Waals surface area contributed by atoms with Gasteiger partial charge in [-0.05, 0) is 25.1 Å². The fraction of sp³-hybridized carbons (Fsp3) is 0.133. The zero-order valence-corrected chi connectivity index (χ0v) is 10.8. The minimum Gasteiger partial charge on any atom is -0.507 e. The third kappa shape index (κ3) is 2.71. The van der Waals surface area contributed by atoms with Crippen LogP contribution < -0.4 is 5.32 Å². The van der Waals surface area contributed by atoms with Gasteiger partial charge >= 0.3 is 0 Å². The number of amides is 1. The molecule has 1 amide bonds. The second-order valence-electron chi connectivity index (χ2n) is 4.39. The van der Waals surface area contributed by atoms with Crippen LogP contribution in [0.4, 0.5) is 4.39 Å². The highest BCUT2D eigenvalue weighted by atomic mass is 19.1. The van der Waals surface area contributed by atoms with Crippen LogP contribution >= 0.6 is 0 Å². The summed E-state index contributed by atoms with van der Waals surface area (Å²) < 4.78 is 13.6. The Morgan fingerprint density at radius 3 is 2.30 bits per heavy atom. The number of rotatable bonds is 3. The molecule has 1 atom stereocenters. The van der Waals surface area contributed by atoms with Gasteiger partial charge in [-0.25, -0.2) is 4.39 Å². The second-order valence-corrected chi connectivity index (χ2v) is 4.39. The van der Waals surface area contributed by atoms with Crippen LogP contribution in [0.3, 0.4) is 0 Å². The maximum absolute atomic E-state index is 13.6. The summed E-state index contributed by atoms with van der Waals surface area (Å²) in [5.74, 6) is -1.76. The Morgan fingerprint density at radius 2 is 1.70 bits per heavy atom. The van der Waals surface area contributed by atoms with E-state index in [0.29, 0.717) is 5.56 Å². The number of carbonyl (C=O) groups excluding carboxylic acids is 1. The van der Waals surface area contributed by atoms with Crippen molar-refractivity contribution in [3.05, 3.63) is 59.4 Å². The SMILES string of the molecule is CC(NC(=O)c1c(O)cccc1O)c1ccccc1F. The van der Waals surface area contributed by atoms with E-state index < -0.39 is 17.8 Å². The molecule has 0 radical (unpaired) electrons. The van der Waals surface area contributed by atoms with E-state index in [4.69, 9.17) is 0 Å². The van der Waals surface area contributed by atoms with Crippen LogP contribution in [-0.2, 0) is 0 Å². The van der Waals surface area contributed by atoms with Gasteiger partial charge in [-0.3, -0.25) is 4.79 Å². The molecule has 0 saturated heterocycles. The molecule has 0 aliphatic carbocycles. The van der Waals surface area contributed by atoms with Crippen LogP contribution in [0, 0.1) is 5.82 Å². The highest BCUT2D eigenvalue weighted by molar-refractivity contribution is 5.99. The maximum atomic E-state index is 13.6. The molecule has 2 aromatic carbocycles. The molecule has 0 aromatic heterocycles. The van der Waals surface area contributed by atoms with Crippen LogP contribution in [0.2, 0.25) is 0 Å². The van der Waals surface area contributed by atoms with E-state index in [0.717, 1.165) is 0 Å². The first kappa shape index (κ1) is 13.9. The van der Waals surface area contributed by atoms with Gasteiger partial charge in [-0.2, -0.15) is 0 Å². The van der Waals surface area contributed by atoms with Gasteiger partial charge in [-0.1, -0.05) is 24.3 Å². The quantitative estimate of drug-likeness (QED) is 0.806. The number of benzene rings is 2. The average molecular weight is 275 g/mol. The number of phenols is 2. The Labute approximate surface area is 115 Å². The van der Waals surface area contributed by atoms with Gasteiger partial charge in [-0.15, -0.1) is 0 Å². The topological polar surface area (TPSA) is 69.6 Å². The predicted molar refractivity (Wildman–Crippen MR) is 72.1 cm³/mol. The summed E-state index contributed by atoms with van der Waals surface area (Å²) in [6.07, 6.45) is 0. The standard InChI is InChI=1S/C15H14FNO3/c1-9(10-5-2-3-6-11(10)16)17-15(20)14-12(18)7-4-8-13(14)19/h2-9,18-19H,1H3,(H,17,20). The summed E-state index contributed by atoms with van der Waals surface area (Å²) in [6.45, 7) is 1.62. The van der Waals surface area contributed by atoms with Crippen LogP contribution in [0.5, 0.6) is 11.5 Å². The lowest BCUT2D eigenvalue weighted by Crippen LogP contribution is -2.27. The first-order valence-electron chi connectivity index (χ1n) is 6.07. The van der Waals surface area contributed by atoms with Crippen molar-refractivity contribution >= 4 is 5.91 Å². The minimum atomic E-state index is -0.670. The fourth-order valence-electron chi connectivity index (χ4n) is 1.93. The molecule has 0 saturated carbocycles. The summed E-state index contributed by atoms with van der Waals surface area (Å²) in [5, 5.41) is 21.7. The maximum Gasteiger partial charge on any atom is 0.259 e. The fourth-order valence-corrected chi connectivity index (χ4v) is 1.93. The lowest BCUT2D eigenvalue weighted by molar-refractivity contribution is 0.0934. The molecule has 4 nitrogen and oxygen atoms in total. The van der Waals surface area contributed by atoms with Crippen LogP contribution in [0.15, 0.2) is 42.5 Å². The molecule has 2 aromatic rings. The summed E-state index contributed by atoms with van der Waals surface area (Å²) in [6, 6.07) is 9.50. The Bertz CT molecular complexity index is 623. The Balaban J connectivity index is 2.22. The van der Waals surface area contributed by atoms with E-state index in [1.807, 2.05) is 0 Å². The van der Waals surface area contributed by atoms with Gasteiger partial charge < -0.3 is 15.5 Å². The molecule has 0 aliphatic rings. The molecule has 0 spiro atoms. The number of phenolic OH excluding ortho intramolecular Hbond substituents is 2. The average Bonchev–Trinajstić information content (AvgIpc) is 2.38. The van der Waals surface area contributed by atoms with Gasteiger partial charge in [0, 0.05) is 5.56 Å². The van der Waals surface area contributed by atoms with Crippen molar-refractivity contribution in [2.24, 2.45) is 0 Å². The number of aromatic hydroxyl groups is 2. The Kier molecular flexibility index (Phi) is 3.89. The third-order valence-electron chi connectivity index (χ3n) is 2.97. The number of carbonyl (C=O) groups is 1. The van der Waals surface area contributed by atoms with Crippen LogP contribution in [0.1, 0.15) is 28.9 Å². The van der Waals surface area contributed by atoms with Gasteiger partial charge in [0.15, 0.2) is 0 Å². The van der Waals surface area contributed by atoms with Gasteiger partial charge in [0.1, 0.15) is 22.9 Å². The van der Waals surface area contributed by atoms with Gasteiger partial charge in [0.05, 0.1) is 6.04 Å². The number of nitrogens with one attached hydrogen (secondary N) is 1. The Morgan fingerprint density at radius 1 is 1.10 bits per heavy atom. The van der Waals surface area contributed by atoms with Crippen molar-refractivity contribution in [1.82, 2.24) is 5.32 Å². The summed E-state index contributed by atoms with van der Waals surface area (Å²) in [7, 11) is 0. The lowest BCUT2D eigenvalue weighted by atomic mass is 10.1. The molecule has 1 unspecified atom stereocenters. The van der Waals surface area contributed by atoms with Crippen molar-refractivity contribution in [3.63, 3.8) is 0 Å². The van der Waals surface area contributed by atoms with Crippen molar-refractivity contribution < 1.29 is 19.4 Å². The van der Waals surface area contributed by atoms with E-state index in [1.165, 1.54) is 24.3 Å². The second kappa shape index (κ2) is 5.61. The number of hydrogen-bond acceptors (Lipinski definition) is 3. The molecule has 0 aliphatic heterocycles. The molecular formula is C15H14FNO3. The third-order valence-corrected chi connectivity index (χ3v) is 2.97. The lowest BCUT2D eigenvalue weighted by Gasteiger charge is -2.16. The largest absolute Gasteiger partial charge is 0.507 e. The van der Waals surface area contributed by atoms with Crippen molar-refractivity contribution in [1.29, 1.82) is 0 Å². The normalized spacial score (nSPS) is 11.9. The molecule has 0 bridgehead atoms.